The van der Waals surface area contributed by atoms with E-state index in [2.05, 4.69) is 0 Å². The van der Waals surface area contributed by atoms with Crippen LogP contribution < -0.4 is 0 Å². The summed E-state index contributed by atoms with van der Waals surface area (Å²) < 4.78 is 32.7. The summed E-state index contributed by atoms with van der Waals surface area (Å²) >= 11 is 5.92. The molecule has 2 aromatic rings. The highest BCUT2D eigenvalue weighted by atomic mass is 35.5. The Morgan fingerprint density at radius 3 is 2.33 bits per heavy atom. The van der Waals surface area contributed by atoms with E-state index in [1.54, 1.807) is 24.3 Å². The van der Waals surface area contributed by atoms with E-state index >= 15 is 0 Å². The average molecular weight is 435 g/mol. The Morgan fingerprint density at radius 1 is 1.00 bits per heavy atom. The van der Waals surface area contributed by atoms with Gasteiger partial charge in [0, 0.05) is 17.9 Å². The topological polar surface area (TPSA) is 49.9 Å². The Labute approximate surface area is 178 Å². The highest BCUT2D eigenvalue weighted by molar-refractivity contribution is 6.30. The number of hydrazine groups is 1. The largest absolute Gasteiger partial charge is 0.431 e. The average Bonchev–Trinajstić information content (AvgIpc) is 2.97. The highest BCUT2D eigenvalue weighted by Crippen LogP contribution is 2.41. The van der Waals surface area contributed by atoms with Crippen LogP contribution in [0.1, 0.15) is 43.2 Å². The predicted molar refractivity (Wildman–Crippen MR) is 106 cm³/mol. The molecule has 2 amide bonds. The summed E-state index contributed by atoms with van der Waals surface area (Å²) in [5.74, 6) is -2.28. The van der Waals surface area contributed by atoms with Crippen molar-refractivity contribution in [1.82, 2.24) is 10.0 Å². The Balaban J connectivity index is 1.64. The summed E-state index contributed by atoms with van der Waals surface area (Å²) in [4.78, 5) is 26.1. The molecular formula is C22H21ClF2N2O3. The van der Waals surface area contributed by atoms with Gasteiger partial charge in [0.2, 0.25) is 11.6 Å². The van der Waals surface area contributed by atoms with Gasteiger partial charge in [0.05, 0.1) is 13.0 Å². The maximum absolute atomic E-state index is 13.7. The number of nitrogens with zero attached hydrogens (tertiary/aromatic N) is 2. The van der Waals surface area contributed by atoms with E-state index in [4.69, 9.17) is 16.3 Å². The quantitative estimate of drug-likeness (QED) is 0.663. The van der Waals surface area contributed by atoms with Crippen molar-refractivity contribution in [2.45, 2.75) is 50.8 Å². The van der Waals surface area contributed by atoms with Gasteiger partial charge in [-0.3, -0.25) is 4.79 Å². The number of hydrogen-bond acceptors (Lipinski definition) is 3. The number of halogens is 3. The fourth-order valence-electron chi connectivity index (χ4n) is 4.14. The maximum Gasteiger partial charge on any atom is 0.431 e. The van der Waals surface area contributed by atoms with E-state index in [1.165, 1.54) is 16.1 Å². The van der Waals surface area contributed by atoms with Crippen molar-refractivity contribution in [1.29, 1.82) is 0 Å². The monoisotopic (exact) mass is 434 g/mol. The van der Waals surface area contributed by atoms with Gasteiger partial charge in [0.15, 0.2) is 11.6 Å². The summed E-state index contributed by atoms with van der Waals surface area (Å²) in [5.41, 5.74) is 0.0859. The van der Waals surface area contributed by atoms with Gasteiger partial charge in [-0.1, -0.05) is 36.2 Å². The van der Waals surface area contributed by atoms with Gasteiger partial charge in [0.25, 0.3) is 0 Å². The SMILES string of the molecule is O=C1OC2(CCCCC2)N(C(=O)Cc2ccc(Cl)cc2)N1Cc1ccc(F)c(F)c1. The lowest BCUT2D eigenvalue weighted by Crippen LogP contribution is -2.55. The lowest BCUT2D eigenvalue weighted by Gasteiger charge is -2.40. The van der Waals surface area contributed by atoms with Crippen LogP contribution in [0, 0.1) is 11.6 Å². The summed E-state index contributed by atoms with van der Waals surface area (Å²) in [6, 6.07) is 10.3. The molecule has 0 aromatic heterocycles. The minimum Gasteiger partial charge on any atom is -0.419 e. The first-order valence-electron chi connectivity index (χ1n) is 9.90. The molecule has 2 aliphatic rings. The Morgan fingerprint density at radius 2 is 1.67 bits per heavy atom. The number of carbonyl (C=O) groups is 2. The number of hydrogen-bond donors (Lipinski definition) is 0. The van der Waals surface area contributed by atoms with Crippen molar-refractivity contribution in [3.05, 3.63) is 70.2 Å². The first-order valence-corrected chi connectivity index (χ1v) is 10.3. The summed E-state index contributed by atoms with van der Waals surface area (Å²) in [5, 5.41) is 3.16. The molecule has 1 saturated carbocycles. The standard InChI is InChI=1S/C22H21ClF2N2O3/c23-17-7-4-15(5-8-17)13-20(28)27-22(10-2-1-3-11-22)30-21(29)26(27)14-16-6-9-18(24)19(25)12-16/h4-9,12H,1-3,10-11,13-14H2. The van der Waals surface area contributed by atoms with Crippen molar-refractivity contribution in [3.8, 4) is 0 Å². The molecule has 0 atom stereocenters. The predicted octanol–water partition coefficient (Wildman–Crippen LogP) is 5.22. The number of rotatable bonds is 4. The van der Waals surface area contributed by atoms with Crippen LogP contribution in [0.2, 0.25) is 5.02 Å². The third-order valence-corrected chi connectivity index (χ3v) is 5.82. The molecule has 1 aliphatic heterocycles. The van der Waals surface area contributed by atoms with Gasteiger partial charge < -0.3 is 4.74 Å². The van der Waals surface area contributed by atoms with Crippen LogP contribution in [-0.2, 0) is 22.5 Å². The minimum absolute atomic E-state index is 0.0594. The van der Waals surface area contributed by atoms with Crippen LogP contribution in [0.15, 0.2) is 42.5 Å². The number of amides is 2. The number of benzene rings is 2. The lowest BCUT2D eigenvalue weighted by molar-refractivity contribution is -0.172. The molecule has 0 radical (unpaired) electrons. The third-order valence-electron chi connectivity index (χ3n) is 5.57. The van der Waals surface area contributed by atoms with Crippen molar-refractivity contribution in [2.24, 2.45) is 0 Å². The van der Waals surface area contributed by atoms with Gasteiger partial charge in [-0.05, 0) is 48.2 Å². The summed E-state index contributed by atoms with van der Waals surface area (Å²) in [6.07, 6.45) is 3.14. The van der Waals surface area contributed by atoms with E-state index in [1.807, 2.05) is 0 Å². The second-order valence-corrected chi connectivity index (χ2v) is 8.13. The maximum atomic E-state index is 13.7. The van der Waals surface area contributed by atoms with Crippen LogP contribution >= 0.6 is 11.6 Å². The molecule has 1 aliphatic carbocycles. The zero-order chi connectivity index (χ0) is 21.3. The number of ether oxygens (including phenoxy) is 1. The van der Waals surface area contributed by atoms with Crippen LogP contribution in [0.3, 0.4) is 0 Å². The smallest absolute Gasteiger partial charge is 0.419 e. The summed E-state index contributed by atoms with van der Waals surface area (Å²) in [7, 11) is 0. The second kappa shape index (κ2) is 8.22. The van der Waals surface area contributed by atoms with Crippen molar-refractivity contribution < 1.29 is 23.1 Å². The van der Waals surface area contributed by atoms with Crippen LogP contribution in [0.5, 0.6) is 0 Å². The zero-order valence-corrected chi connectivity index (χ0v) is 17.0. The van der Waals surface area contributed by atoms with Gasteiger partial charge in [-0.15, -0.1) is 0 Å². The van der Waals surface area contributed by atoms with Gasteiger partial charge >= 0.3 is 6.09 Å². The normalized spacial score (nSPS) is 18.0. The lowest BCUT2D eigenvalue weighted by atomic mass is 9.91. The van der Waals surface area contributed by atoms with Gasteiger partial charge in [0.1, 0.15) is 0 Å². The Hall–Kier alpha value is -2.67. The molecule has 1 spiro atoms. The van der Waals surface area contributed by atoms with Crippen LogP contribution in [0.25, 0.3) is 0 Å². The molecule has 0 unspecified atom stereocenters. The minimum atomic E-state index is -1.03. The van der Waals surface area contributed by atoms with Gasteiger partial charge in [-0.25, -0.2) is 23.6 Å². The molecule has 0 bridgehead atoms. The van der Waals surface area contributed by atoms with Crippen molar-refractivity contribution >= 4 is 23.6 Å². The highest BCUT2D eigenvalue weighted by Gasteiger charge is 2.54. The first kappa shape index (κ1) is 20.6. The third kappa shape index (κ3) is 3.99. The Bertz CT molecular complexity index is 961. The van der Waals surface area contributed by atoms with Crippen LogP contribution in [-0.4, -0.2) is 27.7 Å². The Kier molecular flexibility index (Phi) is 5.64. The molecule has 2 aromatic carbocycles. The molecule has 158 valence electrons. The van der Waals surface area contributed by atoms with E-state index in [-0.39, 0.29) is 18.9 Å². The van der Waals surface area contributed by atoms with Crippen molar-refractivity contribution in [2.75, 3.05) is 0 Å². The number of carbonyl (C=O) groups excluding carboxylic acids is 2. The molecule has 0 N–H and O–H groups in total. The molecule has 4 rings (SSSR count). The fourth-order valence-corrected chi connectivity index (χ4v) is 4.26. The van der Waals surface area contributed by atoms with E-state index in [0.717, 1.165) is 37.0 Å². The molecular weight excluding hydrogens is 414 g/mol. The molecule has 1 heterocycles. The summed E-state index contributed by atoms with van der Waals surface area (Å²) in [6.45, 7) is -0.0931. The molecule has 5 nitrogen and oxygen atoms in total. The molecule has 2 fully saturated rings. The van der Waals surface area contributed by atoms with E-state index < -0.39 is 23.5 Å². The first-order chi connectivity index (χ1) is 14.4. The molecule has 8 heteroatoms. The van der Waals surface area contributed by atoms with E-state index in [0.29, 0.717) is 23.4 Å². The van der Waals surface area contributed by atoms with Crippen LogP contribution in [0.4, 0.5) is 13.6 Å². The van der Waals surface area contributed by atoms with Gasteiger partial charge in [-0.2, -0.15) is 0 Å². The molecule has 30 heavy (non-hydrogen) atoms. The van der Waals surface area contributed by atoms with E-state index in [9.17, 15) is 18.4 Å². The molecule has 1 saturated heterocycles. The zero-order valence-electron chi connectivity index (χ0n) is 16.2. The second-order valence-electron chi connectivity index (χ2n) is 7.69. The van der Waals surface area contributed by atoms with Crippen molar-refractivity contribution in [3.63, 3.8) is 0 Å². The fraction of sp³-hybridized carbons (Fsp3) is 0.364.